The Balaban J connectivity index is 1.06. The highest BCUT2D eigenvalue weighted by molar-refractivity contribution is 7.27. The smallest absolute Gasteiger partial charge is 0.164 e. The lowest BCUT2D eigenvalue weighted by Crippen LogP contribution is -2.00. The number of para-hydroxylation sites is 2. The van der Waals surface area contributed by atoms with Gasteiger partial charge >= 0.3 is 0 Å². The minimum Gasteiger partial charge on any atom is -0.308 e. The summed E-state index contributed by atoms with van der Waals surface area (Å²) in [6, 6.07) is 65.4. The van der Waals surface area contributed by atoms with Crippen LogP contribution in [0.1, 0.15) is 0 Å². The molecule has 5 nitrogen and oxygen atoms in total. The highest BCUT2D eigenvalue weighted by Gasteiger charge is 2.23. The maximum Gasteiger partial charge on any atom is 0.164 e. The Morgan fingerprint density at radius 2 is 0.893 bits per heavy atom. The minimum atomic E-state index is 0.638. The Morgan fingerprint density at radius 3 is 1.55 bits per heavy atom. The van der Waals surface area contributed by atoms with E-state index in [0.717, 1.165) is 50.3 Å². The summed E-state index contributed by atoms with van der Waals surface area (Å²) < 4.78 is 4.96. The molecule has 0 saturated heterocycles. The zero-order chi connectivity index (χ0) is 37.0. The van der Waals surface area contributed by atoms with E-state index in [1.807, 2.05) is 72.0 Å². The number of nitrogens with zero attached hydrogens (tertiary/aromatic N) is 5. The van der Waals surface area contributed by atoms with Crippen LogP contribution in [0.5, 0.6) is 0 Å². The Labute approximate surface area is 326 Å². The number of aromatic nitrogens is 5. The molecule has 0 saturated carbocycles. The lowest BCUT2D eigenvalue weighted by Gasteiger charge is -2.13. The maximum atomic E-state index is 5.32. The Hall–Kier alpha value is -7.28. The largest absolute Gasteiger partial charge is 0.308 e. The molecule has 11 rings (SSSR count). The van der Waals surface area contributed by atoms with Gasteiger partial charge in [-0.3, -0.25) is 0 Å². The van der Waals surface area contributed by atoms with Crippen molar-refractivity contribution in [1.29, 1.82) is 0 Å². The highest BCUT2D eigenvalue weighted by Crippen LogP contribution is 2.47. The molecule has 0 aliphatic rings. The van der Waals surface area contributed by atoms with Crippen LogP contribution in [0, 0.1) is 0 Å². The van der Waals surface area contributed by atoms with Crippen molar-refractivity contribution in [3.63, 3.8) is 0 Å². The average molecular weight is 734 g/mol. The van der Waals surface area contributed by atoms with Gasteiger partial charge in [0.25, 0.3) is 0 Å². The van der Waals surface area contributed by atoms with Gasteiger partial charge in [0.05, 0.1) is 26.9 Å². The van der Waals surface area contributed by atoms with E-state index >= 15 is 0 Å². The van der Waals surface area contributed by atoms with Crippen LogP contribution in [0.4, 0.5) is 0 Å². The second-order valence-corrected chi connectivity index (χ2v) is 14.9. The van der Waals surface area contributed by atoms with E-state index in [-0.39, 0.29) is 0 Å². The number of fused-ring (bicyclic) bond motifs is 7. The predicted molar refractivity (Wildman–Crippen MR) is 232 cm³/mol. The number of hydrogen-bond donors (Lipinski definition) is 0. The molecule has 0 amide bonds. The molecule has 0 aliphatic heterocycles. The van der Waals surface area contributed by atoms with E-state index in [0.29, 0.717) is 17.5 Å². The quantitative estimate of drug-likeness (QED) is 0.171. The van der Waals surface area contributed by atoms with Crippen LogP contribution in [0.15, 0.2) is 188 Å². The van der Waals surface area contributed by atoms with Gasteiger partial charge in [0.1, 0.15) is 0 Å². The Bertz CT molecular complexity index is 3170. The van der Waals surface area contributed by atoms with Gasteiger partial charge in [0.2, 0.25) is 0 Å². The summed E-state index contributed by atoms with van der Waals surface area (Å²) in [5.74, 6) is 1.94. The van der Waals surface area contributed by atoms with Crippen LogP contribution in [-0.2, 0) is 0 Å². The summed E-state index contributed by atoms with van der Waals surface area (Å²) in [5.41, 5.74) is 11.6. The summed E-state index contributed by atoms with van der Waals surface area (Å²) in [4.78, 5) is 20.1. The van der Waals surface area contributed by atoms with Crippen molar-refractivity contribution in [1.82, 2.24) is 24.5 Å². The van der Waals surface area contributed by atoms with Crippen molar-refractivity contribution < 1.29 is 0 Å². The van der Waals surface area contributed by atoms with Gasteiger partial charge in [0, 0.05) is 48.8 Å². The molecule has 0 aliphatic carbocycles. The molecule has 7 aromatic carbocycles. The minimum absolute atomic E-state index is 0.638. The fraction of sp³-hybridized carbons (Fsp3) is 0. The summed E-state index contributed by atoms with van der Waals surface area (Å²) in [7, 11) is 0. The first kappa shape index (κ1) is 32.2. The molecule has 0 atom stereocenters. The normalized spacial score (nSPS) is 11.6. The predicted octanol–water partition coefficient (Wildman–Crippen LogP) is 13.1. The molecule has 11 aromatic rings. The van der Waals surface area contributed by atoms with Gasteiger partial charge in [-0.2, -0.15) is 0 Å². The van der Waals surface area contributed by atoms with Gasteiger partial charge in [-0.05, 0) is 35.4 Å². The number of pyridine rings is 1. The van der Waals surface area contributed by atoms with E-state index in [1.165, 1.54) is 36.6 Å². The first-order valence-electron chi connectivity index (χ1n) is 18.6. The molecule has 0 unspecified atom stereocenters. The average Bonchev–Trinajstić information content (AvgIpc) is 3.82. The molecule has 4 heterocycles. The second-order valence-electron chi connectivity index (χ2n) is 13.8. The summed E-state index contributed by atoms with van der Waals surface area (Å²) >= 11 is 1.87. The van der Waals surface area contributed by atoms with Crippen molar-refractivity contribution in [2.24, 2.45) is 0 Å². The standard InChI is InChI=1S/C50H31N5S/c1-4-15-33(16-5-1)44-43-45-47(56-46(43)39-23-10-12-25-41(39)51-44)40-24-11-13-26-42(40)55(45)38-22-14-21-37(31-38)32-27-29-36(30-28-32)50-53-48(34-17-6-2-7-18-34)52-49(54-50)35-19-8-3-9-20-35/h1-31H. The molecule has 262 valence electrons. The van der Waals surface area contributed by atoms with E-state index in [9.17, 15) is 0 Å². The van der Waals surface area contributed by atoms with Gasteiger partial charge in [-0.15, -0.1) is 11.3 Å². The third-order valence-electron chi connectivity index (χ3n) is 10.4. The zero-order valence-corrected chi connectivity index (χ0v) is 30.9. The molecule has 0 radical (unpaired) electrons. The van der Waals surface area contributed by atoms with Crippen molar-refractivity contribution in [2.45, 2.75) is 0 Å². The van der Waals surface area contributed by atoms with Crippen LogP contribution < -0.4 is 0 Å². The van der Waals surface area contributed by atoms with E-state index < -0.39 is 0 Å². The lowest BCUT2D eigenvalue weighted by atomic mass is 10.0. The molecular weight excluding hydrogens is 703 g/mol. The van der Waals surface area contributed by atoms with Crippen molar-refractivity contribution in [2.75, 3.05) is 0 Å². The van der Waals surface area contributed by atoms with Crippen LogP contribution in [-0.4, -0.2) is 24.5 Å². The lowest BCUT2D eigenvalue weighted by molar-refractivity contribution is 1.07. The molecule has 56 heavy (non-hydrogen) atoms. The number of thiophene rings is 1. The number of hydrogen-bond acceptors (Lipinski definition) is 5. The fourth-order valence-electron chi connectivity index (χ4n) is 7.80. The summed E-state index contributed by atoms with van der Waals surface area (Å²) in [6.07, 6.45) is 0. The van der Waals surface area contributed by atoms with Crippen molar-refractivity contribution in [3.8, 4) is 62.2 Å². The van der Waals surface area contributed by atoms with Crippen LogP contribution >= 0.6 is 11.3 Å². The molecule has 4 aromatic heterocycles. The van der Waals surface area contributed by atoms with E-state index in [1.54, 1.807) is 0 Å². The second kappa shape index (κ2) is 13.2. The van der Waals surface area contributed by atoms with Crippen molar-refractivity contribution in [3.05, 3.63) is 188 Å². The topological polar surface area (TPSA) is 56.5 Å². The molecule has 0 spiro atoms. The first-order chi connectivity index (χ1) is 27.8. The van der Waals surface area contributed by atoms with Crippen LogP contribution in [0.3, 0.4) is 0 Å². The monoisotopic (exact) mass is 733 g/mol. The van der Waals surface area contributed by atoms with E-state index in [4.69, 9.17) is 19.9 Å². The van der Waals surface area contributed by atoms with Gasteiger partial charge in [0.15, 0.2) is 17.5 Å². The zero-order valence-electron chi connectivity index (χ0n) is 30.0. The fourth-order valence-corrected chi connectivity index (χ4v) is 9.15. The molecule has 6 heteroatoms. The van der Waals surface area contributed by atoms with Gasteiger partial charge in [-0.25, -0.2) is 19.9 Å². The molecular formula is C50H31N5S. The summed E-state index contributed by atoms with van der Waals surface area (Å²) in [5, 5.41) is 3.60. The maximum absolute atomic E-state index is 5.32. The SMILES string of the molecule is c1ccc(-c2nc(-c3ccccc3)nc(-c3ccc(-c4cccc(-n5c6ccccc6c6sc7c8ccccc8nc(-c8ccccc8)c7c65)c4)cc3)n2)cc1. The number of rotatable bonds is 6. The Morgan fingerprint density at radius 1 is 0.375 bits per heavy atom. The molecule has 0 bridgehead atoms. The van der Waals surface area contributed by atoms with E-state index in [2.05, 4.69) is 132 Å². The Kier molecular flexibility index (Phi) is 7.60. The van der Waals surface area contributed by atoms with Crippen molar-refractivity contribution >= 4 is 53.4 Å². The summed E-state index contributed by atoms with van der Waals surface area (Å²) in [6.45, 7) is 0. The van der Waals surface area contributed by atoms with Gasteiger partial charge < -0.3 is 4.57 Å². The highest BCUT2D eigenvalue weighted by atomic mass is 32.1. The molecule has 0 fully saturated rings. The number of benzene rings is 7. The third kappa shape index (κ3) is 5.38. The molecule has 0 N–H and O–H groups in total. The third-order valence-corrected chi connectivity index (χ3v) is 11.7. The van der Waals surface area contributed by atoms with Crippen LogP contribution in [0.25, 0.3) is 104 Å². The first-order valence-corrected chi connectivity index (χ1v) is 19.5. The van der Waals surface area contributed by atoms with Gasteiger partial charge in [-0.1, -0.05) is 164 Å². The van der Waals surface area contributed by atoms with Crippen LogP contribution in [0.2, 0.25) is 0 Å².